The van der Waals surface area contributed by atoms with Crippen molar-refractivity contribution in [3.8, 4) is 11.6 Å². The van der Waals surface area contributed by atoms with Crippen LogP contribution in [0, 0.1) is 17.8 Å². The molecule has 1 aromatic heterocycles. The highest BCUT2D eigenvalue weighted by Gasteiger charge is 2.62. The van der Waals surface area contributed by atoms with Crippen LogP contribution in [0.4, 0.5) is 4.79 Å². The first-order valence-electron chi connectivity index (χ1n) is 18.8. The van der Waals surface area contributed by atoms with Crippen molar-refractivity contribution in [3.63, 3.8) is 0 Å². The Bertz CT molecular complexity index is 1910. The van der Waals surface area contributed by atoms with E-state index in [4.69, 9.17) is 14.2 Å². The number of ether oxygens (including phenoxy) is 3. The van der Waals surface area contributed by atoms with Gasteiger partial charge < -0.3 is 29.7 Å². The molecule has 2 aliphatic heterocycles. The lowest BCUT2D eigenvalue weighted by molar-refractivity contribution is -0.142. The van der Waals surface area contributed by atoms with Crippen molar-refractivity contribution in [3.05, 3.63) is 36.7 Å². The van der Waals surface area contributed by atoms with Crippen molar-refractivity contribution in [1.82, 2.24) is 30.2 Å². The molecule has 0 spiro atoms. The van der Waals surface area contributed by atoms with E-state index in [-0.39, 0.29) is 37.1 Å². The summed E-state index contributed by atoms with van der Waals surface area (Å²) in [5.41, 5.74) is -1.77. The Kier molecular flexibility index (Phi) is 11.1. The van der Waals surface area contributed by atoms with E-state index < -0.39 is 74.3 Å². The van der Waals surface area contributed by atoms with Crippen molar-refractivity contribution < 1.29 is 41.8 Å². The Morgan fingerprint density at radius 1 is 1.11 bits per heavy atom. The molecular formula is C38H52N6O9S. The lowest BCUT2D eigenvalue weighted by atomic mass is 9.85. The average molecular weight is 769 g/mol. The zero-order valence-corrected chi connectivity index (χ0v) is 32.6. The van der Waals surface area contributed by atoms with Crippen molar-refractivity contribution in [1.29, 1.82) is 0 Å². The van der Waals surface area contributed by atoms with Crippen LogP contribution in [0.1, 0.15) is 86.0 Å². The van der Waals surface area contributed by atoms with E-state index in [2.05, 4.69) is 32.2 Å². The monoisotopic (exact) mass is 768 g/mol. The van der Waals surface area contributed by atoms with Crippen LogP contribution in [-0.4, -0.2) is 95.3 Å². The number of methoxy groups -OCH3 is 1. The van der Waals surface area contributed by atoms with E-state index in [0.29, 0.717) is 48.8 Å². The van der Waals surface area contributed by atoms with Crippen LogP contribution in [0.15, 0.2) is 36.7 Å². The van der Waals surface area contributed by atoms with Crippen molar-refractivity contribution in [2.24, 2.45) is 17.8 Å². The van der Waals surface area contributed by atoms with E-state index >= 15 is 0 Å². The molecule has 3 N–H and O–H groups in total. The number of fused-ring (bicyclic) bond motifs is 3. The van der Waals surface area contributed by atoms with Gasteiger partial charge in [-0.1, -0.05) is 32.4 Å². The van der Waals surface area contributed by atoms with Crippen molar-refractivity contribution in [2.45, 2.75) is 121 Å². The number of alkyl carbamates (subject to hydrolysis) is 1. The summed E-state index contributed by atoms with van der Waals surface area (Å²) in [6, 6.07) is 3.09. The largest absolute Gasteiger partial charge is 0.497 e. The van der Waals surface area contributed by atoms with E-state index in [9.17, 15) is 27.6 Å². The van der Waals surface area contributed by atoms with E-state index in [1.807, 2.05) is 19.1 Å². The number of aromatic nitrogens is 2. The Morgan fingerprint density at radius 3 is 2.56 bits per heavy atom. The molecule has 15 nitrogen and oxygen atoms in total. The molecule has 294 valence electrons. The molecule has 3 fully saturated rings. The zero-order chi connectivity index (χ0) is 39.0. The second-order valence-electron chi connectivity index (χ2n) is 16.1. The summed E-state index contributed by atoms with van der Waals surface area (Å²) in [5.74, 6) is -1.64. The molecule has 3 heterocycles. The number of benzene rings is 1. The smallest absolute Gasteiger partial charge is 0.408 e. The van der Waals surface area contributed by atoms with Gasteiger partial charge >= 0.3 is 6.09 Å². The molecule has 0 bridgehead atoms. The topological polar surface area (TPSA) is 195 Å². The van der Waals surface area contributed by atoms with Crippen LogP contribution in [0.5, 0.6) is 11.6 Å². The van der Waals surface area contributed by atoms with Crippen LogP contribution < -0.4 is 24.8 Å². The summed E-state index contributed by atoms with van der Waals surface area (Å²) in [5, 5.41) is 5.71. The second kappa shape index (κ2) is 15.3. The molecule has 4 amide bonds. The Morgan fingerprint density at radius 2 is 1.87 bits per heavy atom. The van der Waals surface area contributed by atoms with Crippen LogP contribution in [0.25, 0.3) is 10.9 Å². The maximum atomic E-state index is 14.9. The summed E-state index contributed by atoms with van der Waals surface area (Å²) in [7, 11) is -2.35. The number of nitrogens with zero attached hydrogens (tertiary/aromatic N) is 3. The number of carbonyl (C=O) groups is 4. The Balaban J connectivity index is 1.36. The summed E-state index contributed by atoms with van der Waals surface area (Å²) in [6.07, 6.45) is 7.53. The molecule has 7 atom stereocenters. The highest BCUT2D eigenvalue weighted by Crippen LogP contribution is 2.46. The highest BCUT2D eigenvalue weighted by molar-refractivity contribution is 7.91. The first-order chi connectivity index (χ1) is 25.5. The molecule has 4 aliphatic rings. The van der Waals surface area contributed by atoms with Crippen LogP contribution in [-0.2, 0) is 29.1 Å². The molecule has 1 saturated heterocycles. The molecule has 2 saturated carbocycles. The molecule has 16 heteroatoms. The van der Waals surface area contributed by atoms with E-state index in [1.54, 1.807) is 46.1 Å². The van der Waals surface area contributed by atoms with Gasteiger partial charge in [0.25, 0.3) is 5.91 Å². The first-order valence-corrected chi connectivity index (χ1v) is 20.4. The standard InChI is InChI=1S/C38H52N6O9S/c1-7-23-16-22(2)10-8-9-11-24-19-38(24,35(47)43-54(49,50)27-13-14-27)42-32(45)30-18-26(20-44(30)34(46)31(23)41-36(48)53-37(3,4)5)52-33-28-15-12-25(51-6)17-29(28)39-21-40-33/h9,11-12,15,17,21-24,26-27,30-31H,7-8,10,13-14,16,18-20H2,1-6H3,(H,41,48)(H,42,45)(H,43,47)/b11-9-/t22-,23-,24-,26-,30+,31+,38-/m1/s1. The van der Waals surface area contributed by atoms with Crippen molar-refractivity contribution >= 4 is 44.7 Å². The summed E-state index contributed by atoms with van der Waals surface area (Å²) < 4.78 is 45.3. The average Bonchev–Trinajstić information content (AvgIpc) is 4.03. The van der Waals surface area contributed by atoms with Gasteiger partial charge in [0, 0.05) is 18.4 Å². The third kappa shape index (κ3) is 8.74. The zero-order valence-electron chi connectivity index (χ0n) is 31.8. The third-order valence-electron chi connectivity index (χ3n) is 10.7. The molecule has 54 heavy (non-hydrogen) atoms. The maximum absolute atomic E-state index is 14.9. The van der Waals surface area contributed by atoms with Crippen LogP contribution in [0.2, 0.25) is 0 Å². The highest BCUT2D eigenvalue weighted by atomic mass is 32.2. The quantitative estimate of drug-likeness (QED) is 0.331. The number of rotatable bonds is 8. The Labute approximate surface area is 316 Å². The van der Waals surface area contributed by atoms with Gasteiger partial charge in [-0.3, -0.25) is 19.1 Å². The molecule has 2 aliphatic carbocycles. The minimum Gasteiger partial charge on any atom is -0.497 e. The molecule has 0 radical (unpaired) electrons. The predicted octanol–water partition coefficient (Wildman–Crippen LogP) is 3.77. The summed E-state index contributed by atoms with van der Waals surface area (Å²) >= 11 is 0. The maximum Gasteiger partial charge on any atom is 0.408 e. The summed E-state index contributed by atoms with van der Waals surface area (Å²) in [4.78, 5) is 66.5. The predicted molar refractivity (Wildman–Crippen MR) is 199 cm³/mol. The normalized spacial score (nSPS) is 29.8. The minimum absolute atomic E-state index is 0.0319. The lowest BCUT2D eigenvalue weighted by Gasteiger charge is -2.34. The van der Waals surface area contributed by atoms with Crippen molar-refractivity contribution in [2.75, 3.05) is 13.7 Å². The summed E-state index contributed by atoms with van der Waals surface area (Å²) in [6.45, 7) is 9.23. The fourth-order valence-electron chi connectivity index (χ4n) is 7.54. The second-order valence-corrected chi connectivity index (χ2v) is 18.1. The molecule has 2 aromatic rings. The van der Waals surface area contributed by atoms with Gasteiger partial charge in [-0.15, -0.1) is 0 Å². The van der Waals surface area contributed by atoms with Gasteiger partial charge in [-0.2, -0.15) is 0 Å². The minimum atomic E-state index is -3.90. The number of amides is 4. The fraction of sp³-hybridized carbons (Fsp3) is 0.632. The fourth-order valence-corrected chi connectivity index (χ4v) is 8.91. The number of sulfonamides is 1. The Hall–Kier alpha value is -4.47. The number of nitrogens with one attached hydrogen (secondary N) is 3. The lowest BCUT2D eigenvalue weighted by Crippen LogP contribution is -2.59. The van der Waals surface area contributed by atoms with Gasteiger partial charge in [-0.25, -0.2) is 23.2 Å². The van der Waals surface area contributed by atoms with Gasteiger partial charge in [0.2, 0.25) is 27.7 Å². The number of carbonyl (C=O) groups excluding carboxylic acids is 4. The van der Waals surface area contributed by atoms with Crippen LogP contribution >= 0.6 is 0 Å². The number of hydrogen-bond acceptors (Lipinski definition) is 11. The van der Waals surface area contributed by atoms with E-state index in [1.165, 1.54) is 11.2 Å². The number of allylic oxidation sites excluding steroid dienone is 1. The van der Waals surface area contributed by atoms with Gasteiger partial charge in [0.05, 0.1) is 29.8 Å². The molecule has 1 aromatic carbocycles. The first kappa shape index (κ1) is 39.2. The molecule has 6 rings (SSSR count). The SMILES string of the molecule is CC[C@@H]1C[C@H](C)CC/C=C\[C@@H]2C[C@@]2(C(=O)NS(=O)(=O)C2CC2)NC(=O)[C@@H]2C[C@@H](Oc3ncnc4cc(OC)ccc34)CN2C(=O)[C@H]1NC(=O)OC(C)(C)C. The van der Waals surface area contributed by atoms with E-state index in [0.717, 1.165) is 6.42 Å². The van der Waals surface area contributed by atoms with Gasteiger partial charge in [-0.05, 0) is 83.3 Å². The van der Waals surface area contributed by atoms with Gasteiger partial charge in [0.1, 0.15) is 41.4 Å². The third-order valence-corrected chi connectivity index (χ3v) is 12.6. The molecule has 0 unspecified atom stereocenters. The molecular weight excluding hydrogens is 717 g/mol. The van der Waals surface area contributed by atoms with Gasteiger partial charge in [0.15, 0.2) is 0 Å². The number of hydrogen-bond donors (Lipinski definition) is 3. The van der Waals surface area contributed by atoms with Crippen LogP contribution in [0.3, 0.4) is 0 Å².